The van der Waals surface area contributed by atoms with Gasteiger partial charge in [-0.05, 0) is 70.8 Å². The van der Waals surface area contributed by atoms with E-state index in [-0.39, 0.29) is 49.5 Å². The first-order valence-corrected chi connectivity index (χ1v) is 18.5. The minimum atomic E-state index is -1.000. The summed E-state index contributed by atoms with van der Waals surface area (Å²) >= 11 is 0. The Labute approximate surface area is 333 Å². The fourth-order valence-corrected chi connectivity index (χ4v) is 6.64. The summed E-state index contributed by atoms with van der Waals surface area (Å²) in [5.74, 6) is -0.564. The predicted molar refractivity (Wildman–Crippen MR) is 211 cm³/mol. The molecule has 4 amide bonds. The third-order valence-electron chi connectivity index (χ3n) is 9.53. The topological polar surface area (TPSA) is 232 Å². The van der Waals surface area contributed by atoms with Crippen LogP contribution in [0.1, 0.15) is 67.1 Å². The third kappa shape index (κ3) is 10.1. The summed E-state index contributed by atoms with van der Waals surface area (Å²) in [4.78, 5) is 60.7. The molecule has 1 aliphatic rings. The molecular weight excluding hydrogens is 748 g/mol. The number of ether oxygens (including phenoxy) is 3. The summed E-state index contributed by atoms with van der Waals surface area (Å²) < 4.78 is 17.4. The summed E-state index contributed by atoms with van der Waals surface area (Å²) in [6, 6.07) is 25.5. The van der Waals surface area contributed by atoms with Gasteiger partial charge in [0.1, 0.15) is 30.7 Å². The van der Waals surface area contributed by atoms with Gasteiger partial charge in [-0.1, -0.05) is 79.7 Å². The second-order valence-electron chi connectivity index (χ2n) is 13.8. The van der Waals surface area contributed by atoms with E-state index in [9.17, 15) is 29.3 Å². The SMILES string of the molecule is CC(C)[C@H](NC(=O)OCC1c2ccccc2-c2ccccc21)c1cn([C@@H](CCCNC(N)=O)C(=O)Nc2ccc(COC(=O)Oc3ccc([N+](=O)[O-])cc3)cc2)nn1. The first-order chi connectivity index (χ1) is 28.0. The smallest absolute Gasteiger partial charge is 0.449 e. The van der Waals surface area contributed by atoms with Crippen molar-refractivity contribution in [3.8, 4) is 16.9 Å². The van der Waals surface area contributed by atoms with Gasteiger partial charge in [0.15, 0.2) is 0 Å². The molecule has 0 spiro atoms. The number of nitrogens with one attached hydrogen (secondary N) is 3. The number of aromatic nitrogens is 3. The van der Waals surface area contributed by atoms with Gasteiger partial charge in [0.05, 0.1) is 17.2 Å². The molecule has 1 aromatic heterocycles. The molecule has 5 aromatic rings. The molecule has 0 saturated heterocycles. The lowest BCUT2D eigenvalue weighted by Crippen LogP contribution is -2.33. The van der Waals surface area contributed by atoms with E-state index in [0.29, 0.717) is 23.4 Å². The van der Waals surface area contributed by atoms with E-state index in [1.165, 1.54) is 28.9 Å². The molecule has 58 heavy (non-hydrogen) atoms. The number of nitro benzene ring substituents is 1. The van der Waals surface area contributed by atoms with Crippen LogP contribution < -0.4 is 26.4 Å². The monoisotopic (exact) mass is 790 g/mol. The Kier molecular flexibility index (Phi) is 12.9. The molecule has 17 heteroatoms. The van der Waals surface area contributed by atoms with Gasteiger partial charge in [-0.3, -0.25) is 14.9 Å². The van der Waals surface area contributed by atoms with Crippen molar-refractivity contribution in [3.05, 3.63) is 136 Å². The molecule has 6 rings (SSSR count). The summed E-state index contributed by atoms with van der Waals surface area (Å²) in [6.07, 6.45) is 0.631. The Morgan fingerprint density at radius 2 is 1.55 bits per heavy atom. The highest BCUT2D eigenvalue weighted by Crippen LogP contribution is 2.44. The zero-order chi connectivity index (χ0) is 41.2. The van der Waals surface area contributed by atoms with Crippen molar-refractivity contribution in [1.82, 2.24) is 25.6 Å². The van der Waals surface area contributed by atoms with Crippen LogP contribution in [0.2, 0.25) is 0 Å². The highest BCUT2D eigenvalue weighted by molar-refractivity contribution is 5.93. The van der Waals surface area contributed by atoms with Gasteiger partial charge >= 0.3 is 18.3 Å². The Hall–Kier alpha value is -7.30. The average molecular weight is 791 g/mol. The number of benzene rings is 4. The van der Waals surface area contributed by atoms with Crippen LogP contribution >= 0.6 is 0 Å². The number of urea groups is 1. The normalized spacial score (nSPS) is 12.7. The molecule has 1 heterocycles. The van der Waals surface area contributed by atoms with E-state index in [1.54, 1.807) is 30.5 Å². The second-order valence-corrected chi connectivity index (χ2v) is 13.8. The minimum Gasteiger partial charge on any atom is -0.449 e. The zero-order valence-electron chi connectivity index (χ0n) is 31.7. The van der Waals surface area contributed by atoms with Crippen LogP contribution in [0.25, 0.3) is 11.1 Å². The summed E-state index contributed by atoms with van der Waals surface area (Å²) in [5, 5.41) is 27.8. The number of amides is 4. The van der Waals surface area contributed by atoms with Crippen molar-refractivity contribution in [2.45, 2.75) is 51.3 Å². The summed E-state index contributed by atoms with van der Waals surface area (Å²) in [6.45, 7) is 4.07. The Morgan fingerprint density at radius 3 is 2.17 bits per heavy atom. The molecule has 17 nitrogen and oxygen atoms in total. The van der Waals surface area contributed by atoms with E-state index in [1.807, 2.05) is 50.2 Å². The van der Waals surface area contributed by atoms with Crippen LogP contribution in [0.3, 0.4) is 0 Å². The number of hydrogen-bond donors (Lipinski definition) is 4. The Morgan fingerprint density at radius 1 is 0.897 bits per heavy atom. The van der Waals surface area contributed by atoms with Crippen LogP contribution in [0.15, 0.2) is 103 Å². The number of carbonyl (C=O) groups excluding carboxylic acids is 4. The second kappa shape index (κ2) is 18.6. The van der Waals surface area contributed by atoms with Crippen LogP contribution in [-0.2, 0) is 20.9 Å². The lowest BCUT2D eigenvalue weighted by molar-refractivity contribution is -0.384. The quantitative estimate of drug-likeness (QED) is 0.0268. The number of anilines is 1. The maximum Gasteiger partial charge on any atom is 0.514 e. The van der Waals surface area contributed by atoms with Crippen molar-refractivity contribution in [1.29, 1.82) is 0 Å². The van der Waals surface area contributed by atoms with Gasteiger partial charge in [0.2, 0.25) is 5.91 Å². The number of fused-ring (bicyclic) bond motifs is 3. The standard InChI is InChI=1S/C41H42N8O9/c1-25(2)37(45-40(52)56-24-34-32-10-5-3-8-30(32)31-9-4-6-11-33(31)34)35-22-48(47-46-35)36(12-7-21-43-39(42)51)38(50)44-27-15-13-26(14-16-27)23-57-41(53)58-29-19-17-28(18-20-29)49(54)55/h3-6,8-11,13-20,22,25,34,36-37H,7,12,21,23-24H2,1-2H3,(H,44,50)(H,45,52)(H3,42,43,51)/t36-,37-/m0/s1. The van der Waals surface area contributed by atoms with Crippen LogP contribution in [0.4, 0.5) is 25.8 Å². The predicted octanol–water partition coefficient (Wildman–Crippen LogP) is 6.77. The van der Waals surface area contributed by atoms with E-state index >= 15 is 0 Å². The van der Waals surface area contributed by atoms with Gasteiger partial charge < -0.3 is 35.9 Å². The molecule has 4 aromatic carbocycles. The molecule has 0 aliphatic heterocycles. The molecule has 0 unspecified atom stereocenters. The molecule has 0 bridgehead atoms. The molecule has 300 valence electrons. The van der Waals surface area contributed by atoms with Gasteiger partial charge in [0, 0.05) is 30.3 Å². The number of rotatable bonds is 16. The molecule has 0 fully saturated rings. The van der Waals surface area contributed by atoms with E-state index in [0.717, 1.165) is 22.3 Å². The number of primary amides is 1. The molecular formula is C41H42N8O9. The zero-order valence-corrected chi connectivity index (χ0v) is 31.7. The molecule has 2 atom stereocenters. The van der Waals surface area contributed by atoms with Crippen LogP contribution in [0, 0.1) is 16.0 Å². The Balaban J connectivity index is 1.07. The number of nitro groups is 1. The maximum atomic E-state index is 13.7. The maximum absolute atomic E-state index is 13.7. The molecule has 0 radical (unpaired) electrons. The lowest BCUT2D eigenvalue weighted by Gasteiger charge is -2.21. The number of nitrogens with zero attached hydrogens (tertiary/aromatic N) is 4. The molecule has 0 saturated carbocycles. The van der Waals surface area contributed by atoms with Crippen LogP contribution in [0.5, 0.6) is 5.75 Å². The van der Waals surface area contributed by atoms with Crippen molar-refractivity contribution in [2.75, 3.05) is 18.5 Å². The fourth-order valence-electron chi connectivity index (χ4n) is 6.64. The largest absolute Gasteiger partial charge is 0.514 e. The highest BCUT2D eigenvalue weighted by atomic mass is 16.7. The van der Waals surface area contributed by atoms with Crippen molar-refractivity contribution in [3.63, 3.8) is 0 Å². The van der Waals surface area contributed by atoms with Crippen molar-refractivity contribution >= 4 is 35.6 Å². The summed E-state index contributed by atoms with van der Waals surface area (Å²) in [7, 11) is 0. The van der Waals surface area contributed by atoms with Crippen molar-refractivity contribution in [2.24, 2.45) is 11.7 Å². The van der Waals surface area contributed by atoms with Crippen LogP contribution in [-0.4, -0.2) is 57.3 Å². The number of non-ortho nitro benzene ring substituents is 1. The number of nitrogens with two attached hydrogens (primary N) is 1. The lowest BCUT2D eigenvalue weighted by atomic mass is 9.98. The van der Waals surface area contributed by atoms with Gasteiger partial charge in [-0.2, -0.15) is 0 Å². The van der Waals surface area contributed by atoms with Crippen molar-refractivity contribution < 1.29 is 38.3 Å². The minimum absolute atomic E-state index is 0.0831. The average Bonchev–Trinajstić information content (AvgIpc) is 3.82. The fraction of sp³-hybridized carbons (Fsp3) is 0.268. The van der Waals surface area contributed by atoms with Gasteiger partial charge in [-0.15, -0.1) is 5.10 Å². The first-order valence-electron chi connectivity index (χ1n) is 18.5. The van der Waals surface area contributed by atoms with E-state index < -0.39 is 41.2 Å². The number of hydrogen-bond acceptors (Lipinski definition) is 11. The third-order valence-corrected chi connectivity index (χ3v) is 9.53. The van der Waals surface area contributed by atoms with Gasteiger partial charge in [-0.25, -0.2) is 19.1 Å². The molecule has 5 N–H and O–H groups in total. The first kappa shape index (κ1) is 40.4. The number of alkyl carbamates (subject to hydrolysis) is 1. The van der Waals surface area contributed by atoms with E-state index in [4.69, 9.17) is 19.9 Å². The van der Waals surface area contributed by atoms with Gasteiger partial charge in [0.25, 0.3) is 5.69 Å². The Bertz CT molecular complexity index is 2210. The summed E-state index contributed by atoms with van der Waals surface area (Å²) in [5.41, 5.74) is 11.0. The molecule has 1 aliphatic carbocycles. The van der Waals surface area contributed by atoms with E-state index in [2.05, 4.69) is 38.4 Å². The highest BCUT2D eigenvalue weighted by Gasteiger charge is 2.31. The number of carbonyl (C=O) groups is 4.